The third-order valence-corrected chi connectivity index (χ3v) is 9.11. The Bertz CT molecular complexity index is 229. The van der Waals surface area contributed by atoms with Crippen LogP contribution in [0.2, 0.25) is 6.04 Å². The summed E-state index contributed by atoms with van der Waals surface area (Å²) in [5.41, 5.74) is 0. The standard InChI is InChI=1S/C6H12O2.C5H8Cl4Si/c1-3-4-5-8-6(2)7;6-3-1-2-10(9)5(8)4(3)7/h3-5H2,1-2H3;3-5,10H,1-2H2. The molecule has 0 amide bonds. The lowest BCUT2D eigenvalue weighted by Crippen LogP contribution is -2.40. The molecule has 1 aliphatic heterocycles. The number of halogens is 4. The predicted molar refractivity (Wildman–Crippen MR) is 82.9 cm³/mol. The maximum absolute atomic E-state index is 10.1. The van der Waals surface area contributed by atoms with Crippen molar-refractivity contribution in [1.82, 2.24) is 0 Å². The van der Waals surface area contributed by atoms with Crippen LogP contribution in [0.1, 0.15) is 33.1 Å². The predicted octanol–water partition coefficient (Wildman–Crippen LogP) is 4.06. The van der Waals surface area contributed by atoms with E-state index in [2.05, 4.69) is 11.7 Å². The lowest BCUT2D eigenvalue weighted by molar-refractivity contribution is -0.141. The van der Waals surface area contributed by atoms with Crippen molar-refractivity contribution < 1.29 is 9.53 Å². The molecule has 1 fully saturated rings. The molecule has 1 rings (SSSR count). The highest BCUT2D eigenvalue weighted by Crippen LogP contribution is 2.32. The molecule has 4 atom stereocenters. The van der Waals surface area contributed by atoms with Crippen LogP contribution < -0.4 is 0 Å². The SMILES string of the molecule is CCCCOC(C)=O.ClC1CC[SiH](Cl)C(Cl)C1Cl. The summed E-state index contributed by atoms with van der Waals surface area (Å²) in [6, 6.07) is 1.01. The maximum Gasteiger partial charge on any atom is 0.302 e. The van der Waals surface area contributed by atoms with Gasteiger partial charge in [0.15, 0.2) is 8.11 Å². The van der Waals surface area contributed by atoms with E-state index in [-0.39, 0.29) is 21.7 Å². The van der Waals surface area contributed by atoms with Crippen LogP contribution in [0.25, 0.3) is 0 Å². The molecule has 1 heterocycles. The van der Waals surface area contributed by atoms with Crippen molar-refractivity contribution in [3.05, 3.63) is 0 Å². The Morgan fingerprint density at radius 1 is 1.39 bits per heavy atom. The maximum atomic E-state index is 10.1. The monoisotopic (exact) mass is 352 g/mol. The molecule has 1 saturated heterocycles. The molecule has 0 spiro atoms. The Kier molecular flexibility index (Phi) is 11.1. The minimum Gasteiger partial charge on any atom is -0.466 e. The van der Waals surface area contributed by atoms with Crippen molar-refractivity contribution in [3.63, 3.8) is 0 Å². The number of rotatable bonds is 3. The van der Waals surface area contributed by atoms with E-state index in [1.54, 1.807) is 0 Å². The Hall–Kier alpha value is 0.847. The average Bonchev–Trinajstić information content (AvgIpc) is 2.32. The lowest BCUT2D eigenvalue weighted by atomic mass is 10.2. The van der Waals surface area contributed by atoms with Crippen LogP contribution in [-0.4, -0.2) is 36.4 Å². The minimum atomic E-state index is -1.26. The highest BCUT2D eigenvalue weighted by molar-refractivity contribution is 7.10. The summed E-state index contributed by atoms with van der Waals surface area (Å²) in [5.74, 6) is -0.182. The molecule has 0 aromatic carbocycles. The molecule has 0 aromatic rings. The highest BCUT2D eigenvalue weighted by atomic mass is 35.6. The van der Waals surface area contributed by atoms with Gasteiger partial charge >= 0.3 is 5.97 Å². The van der Waals surface area contributed by atoms with Crippen molar-refractivity contribution in [3.8, 4) is 0 Å². The van der Waals surface area contributed by atoms with Gasteiger partial charge in [-0.25, -0.2) is 0 Å². The van der Waals surface area contributed by atoms with E-state index in [0.717, 1.165) is 25.3 Å². The molecular weight excluding hydrogens is 334 g/mol. The van der Waals surface area contributed by atoms with Crippen molar-refractivity contribution in [2.45, 2.75) is 54.9 Å². The van der Waals surface area contributed by atoms with Crippen LogP contribution in [0.3, 0.4) is 0 Å². The van der Waals surface area contributed by atoms with E-state index in [0.29, 0.717) is 6.61 Å². The summed E-state index contributed by atoms with van der Waals surface area (Å²) in [7, 11) is -1.26. The van der Waals surface area contributed by atoms with Gasteiger partial charge < -0.3 is 4.74 Å². The van der Waals surface area contributed by atoms with E-state index in [9.17, 15) is 4.79 Å². The van der Waals surface area contributed by atoms with Crippen LogP contribution in [0, 0.1) is 0 Å². The van der Waals surface area contributed by atoms with E-state index in [1.165, 1.54) is 6.92 Å². The van der Waals surface area contributed by atoms with Gasteiger partial charge in [0.1, 0.15) is 0 Å². The van der Waals surface area contributed by atoms with Crippen LogP contribution >= 0.6 is 45.9 Å². The zero-order valence-electron chi connectivity index (χ0n) is 10.7. The molecule has 1 aliphatic rings. The van der Waals surface area contributed by atoms with Crippen molar-refractivity contribution >= 4 is 60.0 Å². The van der Waals surface area contributed by atoms with Crippen molar-refractivity contribution in [1.29, 1.82) is 0 Å². The van der Waals surface area contributed by atoms with E-state index in [4.69, 9.17) is 45.9 Å². The van der Waals surface area contributed by atoms with Gasteiger partial charge in [-0.15, -0.1) is 34.8 Å². The summed E-state index contributed by atoms with van der Waals surface area (Å²) < 4.78 is 4.64. The number of carbonyl (C=O) groups excluding carboxylic acids is 1. The molecule has 0 aliphatic carbocycles. The fourth-order valence-corrected chi connectivity index (χ4v) is 6.05. The molecule has 108 valence electrons. The number of ether oxygens (including phenoxy) is 1. The molecule has 0 aromatic heterocycles. The zero-order valence-corrected chi connectivity index (χ0v) is 14.9. The van der Waals surface area contributed by atoms with Gasteiger partial charge in [-0.05, 0) is 18.9 Å². The Morgan fingerprint density at radius 3 is 2.44 bits per heavy atom. The fraction of sp³-hybridized carbons (Fsp3) is 0.909. The number of carbonyl (C=O) groups is 1. The number of esters is 1. The molecule has 0 radical (unpaired) electrons. The first-order valence-corrected chi connectivity index (χ1v) is 10.6. The average molecular weight is 354 g/mol. The van der Waals surface area contributed by atoms with Gasteiger partial charge in [-0.1, -0.05) is 13.3 Å². The third-order valence-electron chi connectivity index (χ3n) is 2.52. The smallest absolute Gasteiger partial charge is 0.302 e. The molecule has 18 heavy (non-hydrogen) atoms. The second-order valence-corrected chi connectivity index (χ2v) is 10.2. The molecule has 4 unspecified atom stereocenters. The first kappa shape index (κ1) is 18.8. The number of hydrogen-bond acceptors (Lipinski definition) is 2. The van der Waals surface area contributed by atoms with Gasteiger partial charge in [0.2, 0.25) is 0 Å². The number of alkyl halides is 3. The molecule has 0 bridgehead atoms. The normalized spacial score (nSPS) is 31.2. The summed E-state index contributed by atoms with van der Waals surface area (Å²) in [6.45, 7) is 4.06. The first-order chi connectivity index (χ1) is 8.40. The van der Waals surface area contributed by atoms with Gasteiger partial charge in [-0.2, -0.15) is 11.1 Å². The van der Waals surface area contributed by atoms with Gasteiger partial charge in [0, 0.05) is 6.92 Å². The van der Waals surface area contributed by atoms with Gasteiger partial charge in [-0.3, -0.25) is 4.79 Å². The van der Waals surface area contributed by atoms with Gasteiger partial charge in [0.05, 0.1) is 22.4 Å². The molecular formula is C11H20Cl4O2Si. The molecule has 7 heteroatoms. The van der Waals surface area contributed by atoms with E-state index in [1.807, 2.05) is 0 Å². The Balaban J connectivity index is 0.000000331. The largest absolute Gasteiger partial charge is 0.466 e. The Morgan fingerprint density at radius 2 is 2.00 bits per heavy atom. The molecule has 0 saturated carbocycles. The Labute approximate surface area is 131 Å². The minimum absolute atomic E-state index is 0.0201. The summed E-state index contributed by atoms with van der Waals surface area (Å²) in [5, 5.41) is -0.141. The molecule has 2 nitrogen and oxygen atoms in total. The summed E-state index contributed by atoms with van der Waals surface area (Å²) in [6.07, 6.45) is 2.98. The summed E-state index contributed by atoms with van der Waals surface area (Å²) in [4.78, 5) is 10.1. The lowest BCUT2D eigenvalue weighted by Gasteiger charge is -2.29. The zero-order chi connectivity index (χ0) is 14.1. The third kappa shape index (κ3) is 8.11. The number of unbranched alkanes of at least 4 members (excludes halogenated alkanes) is 1. The quantitative estimate of drug-likeness (QED) is 0.251. The highest BCUT2D eigenvalue weighted by Gasteiger charge is 2.36. The number of hydrogen-bond donors (Lipinski definition) is 0. The first-order valence-electron chi connectivity index (χ1n) is 6.09. The van der Waals surface area contributed by atoms with E-state index >= 15 is 0 Å². The molecule has 0 N–H and O–H groups in total. The van der Waals surface area contributed by atoms with Crippen LogP contribution in [0.15, 0.2) is 0 Å². The second-order valence-electron chi connectivity index (χ2n) is 4.19. The van der Waals surface area contributed by atoms with E-state index < -0.39 is 8.11 Å². The van der Waals surface area contributed by atoms with Crippen LogP contribution in [0.5, 0.6) is 0 Å². The van der Waals surface area contributed by atoms with Crippen LogP contribution in [-0.2, 0) is 9.53 Å². The fourth-order valence-electron chi connectivity index (χ4n) is 1.40. The van der Waals surface area contributed by atoms with Gasteiger partial charge in [0.25, 0.3) is 0 Å². The van der Waals surface area contributed by atoms with Crippen molar-refractivity contribution in [2.24, 2.45) is 0 Å². The van der Waals surface area contributed by atoms with Crippen molar-refractivity contribution in [2.75, 3.05) is 6.61 Å². The van der Waals surface area contributed by atoms with Crippen LogP contribution in [0.4, 0.5) is 0 Å². The second kappa shape index (κ2) is 10.6. The summed E-state index contributed by atoms with van der Waals surface area (Å²) >= 11 is 23.7. The topological polar surface area (TPSA) is 26.3 Å².